The van der Waals surface area contributed by atoms with Gasteiger partial charge in [-0.1, -0.05) is 6.07 Å². The second-order valence-corrected chi connectivity index (χ2v) is 3.97. The highest BCUT2D eigenvalue weighted by molar-refractivity contribution is 5.40. The molecule has 0 saturated carbocycles. The van der Waals surface area contributed by atoms with Crippen LogP contribution in [0.5, 0.6) is 0 Å². The molecule has 78 valence electrons. The van der Waals surface area contributed by atoms with Crippen molar-refractivity contribution >= 4 is 5.65 Å². The first-order valence-corrected chi connectivity index (χ1v) is 5.49. The molecule has 1 saturated heterocycles. The van der Waals surface area contributed by atoms with Gasteiger partial charge < -0.3 is 9.14 Å². The molecule has 1 fully saturated rings. The number of pyridine rings is 1. The molecule has 3 nitrogen and oxygen atoms in total. The zero-order valence-corrected chi connectivity index (χ0v) is 8.60. The summed E-state index contributed by atoms with van der Waals surface area (Å²) >= 11 is 0. The Bertz CT molecular complexity index is 457. The third-order valence-electron chi connectivity index (χ3n) is 2.96. The Morgan fingerprint density at radius 3 is 3.20 bits per heavy atom. The lowest BCUT2D eigenvalue weighted by atomic mass is 10.1. The van der Waals surface area contributed by atoms with Crippen LogP contribution in [0.4, 0.5) is 0 Å². The van der Waals surface area contributed by atoms with Crippen LogP contribution >= 0.6 is 0 Å². The predicted molar refractivity (Wildman–Crippen MR) is 57.7 cm³/mol. The van der Waals surface area contributed by atoms with Crippen molar-refractivity contribution in [3.63, 3.8) is 0 Å². The van der Waals surface area contributed by atoms with Crippen molar-refractivity contribution in [1.82, 2.24) is 9.38 Å². The third-order valence-corrected chi connectivity index (χ3v) is 2.96. The Morgan fingerprint density at radius 1 is 1.33 bits per heavy atom. The molecule has 3 rings (SSSR count). The number of fused-ring (bicyclic) bond motifs is 1. The van der Waals surface area contributed by atoms with E-state index in [1.807, 2.05) is 24.4 Å². The molecule has 0 N–H and O–H groups in total. The van der Waals surface area contributed by atoms with Gasteiger partial charge in [-0.25, -0.2) is 4.98 Å². The molecule has 15 heavy (non-hydrogen) atoms. The van der Waals surface area contributed by atoms with Crippen LogP contribution in [0.2, 0.25) is 0 Å². The quantitative estimate of drug-likeness (QED) is 0.710. The molecule has 3 heterocycles. The van der Waals surface area contributed by atoms with E-state index in [1.54, 1.807) is 0 Å². The number of rotatable bonds is 1. The van der Waals surface area contributed by atoms with Crippen molar-refractivity contribution in [1.29, 1.82) is 0 Å². The van der Waals surface area contributed by atoms with E-state index in [4.69, 9.17) is 4.74 Å². The fraction of sp³-hybridized carbons (Fsp3) is 0.417. The Morgan fingerprint density at radius 2 is 2.33 bits per heavy atom. The summed E-state index contributed by atoms with van der Waals surface area (Å²) in [5.74, 6) is 0. The Hall–Kier alpha value is -1.35. The average molecular weight is 202 g/mol. The van der Waals surface area contributed by atoms with Gasteiger partial charge >= 0.3 is 0 Å². The number of aromatic nitrogens is 2. The van der Waals surface area contributed by atoms with Crippen LogP contribution in [0.1, 0.15) is 31.1 Å². The third kappa shape index (κ3) is 1.53. The van der Waals surface area contributed by atoms with Gasteiger partial charge in [0, 0.05) is 12.8 Å². The summed E-state index contributed by atoms with van der Waals surface area (Å²) in [7, 11) is 0. The molecule has 2 aromatic heterocycles. The lowest BCUT2D eigenvalue weighted by Gasteiger charge is -2.22. The summed E-state index contributed by atoms with van der Waals surface area (Å²) in [5.41, 5.74) is 2.19. The van der Waals surface area contributed by atoms with Gasteiger partial charge in [-0.2, -0.15) is 0 Å². The fourth-order valence-corrected chi connectivity index (χ4v) is 2.16. The van der Waals surface area contributed by atoms with Crippen LogP contribution in [-0.2, 0) is 4.74 Å². The Balaban J connectivity index is 2.02. The molecule has 0 unspecified atom stereocenters. The predicted octanol–water partition coefficient (Wildman–Crippen LogP) is 2.58. The topological polar surface area (TPSA) is 26.5 Å². The molecule has 1 aliphatic rings. The first kappa shape index (κ1) is 8.92. The molecule has 0 radical (unpaired) electrons. The summed E-state index contributed by atoms with van der Waals surface area (Å²) in [6.07, 6.45) is 7.78. The maximum absolute atomic E-state index is 5.77. The molecule has 0 aromatic carbocycles. The number of hydrogen-bond acceptors (Lipinski definition) is 2. The molecule has 0 aliphatic carbocycles. The van der Waals surface area contributed by atoms with E-state index in [1.165, 1.54) is 18.5 Å². The van der Waals surface area contributed by atoms with Crippen LogP contribution in [0.3, 0.4) is 0 Å². The molecule has 2 aromatic rings. The van der Waals surface area contributed by atoms with Crippen molar-refractivity contribution in [2.24, 2.45) is 0 Å². The van der Waals surface area contributed by atoms with E-state index in [9.17, 15) is 0 Å². The van der Waals surface area contributed by atoms with E-state index in [-0.39, 0.29) is 6.10 Å². The molecular formula is C12H14N2O. The van der Waals surface area contributed by atoms with Crippen molar-refractivity contribution < 1.29 is 4.74 Å². The zero-order chi connectivity index (χ0) is 10.1. The van der Waals surface area contributed by atoms with E-state index >= 15 is 0 Å². The Labute approximate surface area is 88.7 Å². The van der Waals surface area contributed by atoms with Crippen molar-refractivity contribution in [2.45, 2.75) is 25.4 Å². The molecule has 1 atom stereocenters. The summed E-state index contributed by atoms with van der Waals surface area (Å²) in [6.45, 7) is 0.880. The molecular weight excluding hydrogens is 188 g/mol. The van der Waals surface area contributed by atoms with Crippen molar-refractivity contribution in [3.05, 3.63) is 36.3 Å². The van der Waals surface area contributed by atoms with Crippen molar-refractivity contribution in [2.75, 3.05) is 6.61 Å². The number of hydrogen-bond donors (Lipinski definition) is 0. The summed E-state index contributed by atoms with van der Waals surface area (Å²) in [4.78, 5) is 4.38. The minimum absolute atomic E-state index is 0.233. The van der Waals surface area contributed by atoms with Gasteiger partial charge in [0.1, 0.15) is 5.65 Å². The van der Waals surface area contributed by atoms with Crippen LogP contribution in [-0.4, -0.2) is 16.0 Å². The molecule has 0 spiro atoms. The lowest BCUT2D eigenvalue weighted by molar-refractivity contribution is 0.0118. The van der Waals surface area contributed by atoms with E-state index in [0.717, 1.165) is 18.7 Å². The summed E-state index contributed by atoms with van der Waals surface area (Å²) < 4.78 is 7.89. The second-order valence-electron chi connectivity index (χ2n) is 3.97. The van der Waals surface area contributed by atoms with Gasteiger partial charge in [0.2, 0.25) is 0 Å². The lowest BCUT2D eigenvalue weighted by Crippen LogP contribution is -2.13. The smallest absolute Gasteiger partial charge is 0.136 e. The largest absolute Gasteiger partial charge is 0.372 e. The van der Waals surface area contributed by atoms with Gasteiger partial charge in [-0.15, -0.1) is 0 Å². The molecule has 1 aliphatic heterocycles. The van der Waals surface area contributed by atoms with Gasteiger partial charge in [-0.3, -0.25) is 0 Å². The minimum atomic E-state index is 0.233. The van der Waals surface area contributed by atoms with E-state index in [0.29, 0.717) is 0 Å². The zero-order valence-electron chi connectivity index (χ0n) is 8.60. The molecule has 0 bridgehead atoms. The highest BCUT2D eigenvalue weighted by Crippen LogP contribution is 2.27. The summed E-state index contributed by atoms with van der Waals surface area (Å²) in [5, 5.41) is 0. The number of imidazole rings is 1. The van der Waals surface area contributed by atoms with Crippen LogP contribution in [0.25, 0.3) is 5.65 Å². The Kier molecular flexibility index (Phi) is 2.18. The SMILES string of the molecule is c1ccn2c([C@H]3CCCCO3)cnc2c1. The second kappa shape index (κ2) is 3.66. The first-order chi connectivity index (χ1) is 7.45. The van der Waals surface area contributed by atoms with Crippen LogP contribution in [0.15, 0.2) is 30.6 Å². The molecule has 0 amide bonds. The highest BCUT2D eigenvalue weighted by atomic mass is 16.5. The van der Waals surface area contributed by atoms with Gasteiger partial charge in [0.15, 0.2) is 0 Å². The number of nitrogens with zero attached hydrogens (tertiary/aromatic N) is 2. The van der Waals surface area contributed by atoms with Gasteiger partial charge in [0.25, 0.3) is 0 Å². The maximum atomic E-state index is 5.77. The standard InChI is InChI=1S/C12H14N2O/c1-3-7-14-10(9-13-12(14)6-1)11-5-2-4-8-15-11/h1,3,6-7,9,11H,2,4-5,8H2/t11-/m1/s1. The van der Waals surface area contributed by atoms with E-state index in [2.05, 4.69) is 15.6 Å². The minimum Gasteiger partial charge on any atom is -0.372 e. The fourth-order valence-electron chi connectivity index (χ4n) is 2.16. The number of ether oxygens (including phenoxy) is 1. The van der Waals surface area contributed by atoms with Gasteiger partial charge in [0.05, 0.1) is 18.0 Å². The average Bonchev–Trinajstić information content (AvgIpc) is 2.74. The normalized spacial score (nSPS) is 22.0. The van der Waals surface area contributed by atoms with Crippen LogP contribution < -0.4 is 0 Å². The van der Waals surface area contributed by atoms with E-state index < -0.39 is 0 Å². The monoisotopic (exact) mass is 202 g/mol. The highest BCUT2D eigenvalue weighted by Gasteiger charge is 2.19. The summed E-state index contributed by atoms with van der Waals surface area (Å²) in [6, 6.07) is 6.06. The first-order valence-electron chi connectivity index (χ1n) is 5.49. The van der Waals surface area contributed by atoms with Gasteiger partial charge in [-0.05, 0) is 31.4 Å². The van der Waals surface area contributed by atoms with Crippen molar-refractivity contribution in [3.8, 4) is 0 Å². The molecule has 3 heteroatoms. The maximum Gasteiger partial charge on any atom is 0.136 e. The van der Waals surface area contributed by atoms with Crippen LogP contribution in [0, 0.1) is 0 Å².